The quantitative estimate of drug-likeness (QED) is 0.778. The maximum atomic E-state index is 10.3. The molecule has 0 amide bonds. The van der Waals surface area contributed by atoms with Crippen LogP contribution in [0.2, 0.25) is 0 Å². The first-order valence-corrected chi connectivity index (χ1v) is 6.23. The third-order valence-electron chi connectivity index (χ3n) is 3.71. The zero-order chi connectivity index (χ0) is 11.6. The van der Waals surface area contributed by atoms with E-state index in [4.69, 9.17) is 0 Å². The van der Waals surface area contributed by atoms with Gasteiger partial charge in [-0.1, -0.05) is 34.1 Å². The Morgan fingerprint density at radius 2 is 2.00 bits per heavy atom. The molecule has 0 aromatic rings. The summed E-state index contributed by atoms with van der Waals surface area (Å²) in [6.45, 7) is 9.92. The normalized spacial score (nSPS) is 31.2. The van der Waals surface area contributed by atoms with Crippen molar-refractivity contribution >= 4 is 0 Å². The van der Waals surface area contributed by atoms with Crippen LogP contribution in [0.4, 0.5) is 0 Å². The first kappa shape index (κ1) is 13.0. The van der Waals surface area contributed by atoms with E-state index in [-0.39, 0.29) is 11.5 Å². The molecular formula is C13H27NO. The highest BCUT2D eigenvalue weighted by atomic mass is 16.3. The Hall–Kier alpha value is -0.0800. The molecule has 2 nitrogen and oxygen atoms in total. The van der Waals surface area contributed by atoms with Crippen LogP contribution in [0.5, 0.6) is 0 Å². The summed E-state index contributed by atoms with van der Waals surface area (Å²) in [6.07, 6.45) is 3.38. The molecule has 0 radical (unpaired) electrons. The molecule has 90 valence electrons. The van der Waals surface area contributed by atoms with E-state index >= 15 is 0 Å². The van der Waals surface area contributed by atoms with Crippen LogP contribution < -0.4 is 0 Å². The van der Waals surface area contributed by atoms with Gasteiger partial charge in [0.05, 0.1) is 6.10 Å². The maximum Gasteiger partial charge on any atom is 0.0746 e. The van der Waals surface area contributed by atoms with Crippen LogP contribution in [0.1, 0.15) is 47.0 Å². The standard InChI is InChI=1S/C13H27NO/c1-10(2)9-14(5)11-7-6-8-13(3,4)12(11)15/h10-12,15H,6-9H2,1-5H3. The minimum atomic E-state index is -0.171. The summed E-state index contributed by atoms with van der Waals surface area (Å²) >= 11 is 0. The van der Waals surface area contributed by atoms with Gasteiger partial charge in [0.2, 0.25) is 0 Å². The van der Waals surface area contributed by atoms with E-state index in [0.29, 0.717) is 12.0 Å². The Morgan fingerprint density at radius 3 is 2.53 bits per heavy atom. The lowest BCUT2D eigenvalue weighted by Gasteiger charge is -2.45. The minimum Gasteiger partial charge on any atom is -0.391 e. The van der Waals surface area contributed by atoms with E-state index in [1.165, 1.54) is 6.42 Å². The van der Waals surface area contributed by atoms with Crippen molar-refractivity contribution in [1.29, 1.82) is 0 Å². The molecule has 15 heavy (non-hydrogen) atoms. The molecule has 0 aromatic carbocycles. The fourth-order valence-electron chi connectivity index (χ4n) is 2.77. The van der Waals surface area contributed by atoms with Crippen LogP contribution >= 0.6 is 0 Å². The number of nitrogens with zero attached hydrogens (tertiary/aromatic N) is 1. The summed E-state index contributed by atoms with van der Waals surface area (Å²) < 4.78 is 0. The van der Waals surface area contributed by atoms with Gasteiger partial charge in [-0.05, 0) is 31.2 Å². The van der Waals surface area contributed by atoms with Gasteiger partial charge in [0.1, 0.15) is 0 Å². The zero-order valence-electron chi connectivity index (χ0n) is 11.0. The third kappa shape index (κ3) is 3.18. The number of hydrogen-bond acceptors (Lipinski definition) is 2. The van der Waals surface area contributed by atoms with Crippen LogP contribution in [0, 0.1) is 11.3 Å². The molecule has 0 bridgehead atoms. The van der Waals surface area contributed by atoms with Gasteiger partial charge in [-0.2, -0.15) is 0 Å². The van der Waals surface area contributed by atoms with E-state index in [0.717, 1.165) is 19.4 Å². The fourth-order valence-corrected chi connectivity index (χ4v) is 2.77. The maximum absolute atomic E-state index is 10.3. The van der Waals surface area contributed by atoms with Gasteiger partial charge in [-0.3, -0.25) is 0 Å². The highest BCUT2D eigenvalue weighted by Gasteiger charge is 2.39. The molecule has 2 heteroatoms. The second kappa shape index (κ2) is 4.84. The lowest BCUT2D eigenvalue weighted by molar-refractivity contribution is -0.0525. The Kier molecular flexibility index (Phi) is 4.19. The molecule has 0 aliphatic heterocycles. The van der Waals surface area contributed by atoms with Gasteiger partial charge < -0.3 is 10.0 Å². The molecule has 0 spiro atoms. The molecule has 0 saturated heterocycles. The number of rotatable bonds is 3. The molecule has 1 saturated carbocycles. The summed E-state index contributed by atoms with van der Waals surface area (Å²) in [4.78, 5) is 2.34. The number of hydrogen-bond donors (Lipinski definition) is 1. The first-order chi connectivity index (χ1) is 6.84. The van der Waals surface area contributed by atoms with Gasteiger partial charge in [0.25, 0.3) is 0 Å². The van der Waals surface area contributed by atoms with Crippen molar-refractivity contribution in [1.82, 2.24) is 4.90 Å². The van der Waals surface area contributed by atoms with Crippen molar-refractivity contribution in [3.63, 3.8) is 0 Å². The lowest BCUT2D eigenvalue weighted by Crippen LogP contribution is -2.51. The molecule has 0 aromatic heterocycles. The summed E-state index contributed by atoms with van der Waals surface area (Å²) in [7, 11) is 2.15. The van der Waals surface area contributed by atoms with Crippen LogP contribution in [-0.4, -0.2) is 35.7 Å². The third-order valence-corrected chi connectivity index (χ3v) is 3.71. The molecule has 2 atom stereocenters. The van der Waals surface area contributed by atoms with Crippen LogP contribution in [0.25, 0.3) is 0 Å². The topological polar surface area (TPSA) is 23.5 Å². The molecular weight excluding hydrogens is 186 g/mol. The Bertz CT molecular complexity index is 201. The smallest absolute Gasteiger partial charge is 0.0746 e. The predicted octanol–water partition coefficient (Wildman–Crippen LogP) is 2.51. The monoisotopic (exact) mass is 213 g/mol. The highest BCUT2D eigenvalue weighted by Crippen LogP contribution is 2.37. The van der Waals surface area contributed by atoms with E-state index in [1.807, 2.05) is 0 Å². The van der Waals surface area contributed by atoms with E-state index in [2.05, 4.69) is 39.6 Å². The van der Waals surface area contributed by atoms with Gasteiger partial charge in [0, 0.05) is 12.6 Å². The average molecular weight is 213 g/mol. The van der Waals surface area contributed by atoms with Crippen molar-refractivity contribution in [2.24, 2.45) is 11.3 Å². The van der Waals surface area contributed by atoms with Crippen LogP contribution in [0.3, 0.4) is 0 Å². The number of aliphatic hydroxyl groups excluding tert-OH is 1. The second-order valence-electron chi connectivity index (χ2n) is 6.23. The van der Waals surface area contributed by atoms with Crippen LogP contribution in [-0.2, 0) is 0 Å². The van der Waals surface area contributed by atoms with Crippen LogP contribution in [0.15, 0.2) is 0 Å². The number of likely N-dealkylation sites (N-methyl/N-ethyl adjacent to an activating group) is 1. The van der Waals surface area contributed by atoms with Gasteiger partial charge >= 0.3 is 0 Å². The fraction of sp³-hybridized carbons (Fsp3) is 1.00. The van der Waals surface area contributed by atoms with Crippen molar-refractivity contribution in [3.05, 3.63) is 0 Å². The molecule has 0 heterocycles. The molecule has 1 N–H and O–H groups in total. The largest absolute Gasteiger partial charge is 0.391 e. The first-order valence-electron chi connectivity index (χ1n) is 6.23. The van der Waals surface area contributed by atoms with Crippen molar-refractivity contribution < 1.29 is 5.11 Å². The lowest BCUT2D eigenvalue weighted by atomic mass is 9.72. The molecule has 2 unspecified atom stereocenters. The highest BCUT2D eigenvalue weighted by molar-refractivity contribution is 4.92. The van der Waals surface area contributed by atoms with Crippen molar-refractivity contribution in [3.8, 4) is 0 Å². The Labute approximate surface area is 94.7 Å². The van der Waals surface area contributed by atoms with E-state index < -0.39 is 0 Å². The van der Waals surface area contributed by atoms with Gasteiger partial charge in [-0.15, -0.1) is 0 Å². The summed E-state index contributed by atoms with van der Waals surface area (Å²) in [6, 6.07) is 0.358. The van der Waals surface area contributed by atoms with Crippen molar-refractivity contribution in [2.75, 3.05) is 13.6 Å². The summed E-state index contributed by atoms with van der Waals surface area (Å²) in [5.74, 6) is 0.673. The molecule has 1 aliphatic carbocycles. The summed E-state index contributed by atoms with van der Waals surface area (Å²) in [5.41, 5.74) is 0.0914. The van der Waals surface area contributed by atoms with Gasteiger partial charge in [-0.25, -0.2) is 0 Å². The molecule has 1 aliphatic rings. The minimum absolute atomic E-state index is 0.0914. The Balaban J connectivity index is 2.60. The van der Waals surface area contributed by atoms with Gasteiger partial charge in [0.15, 0.2) is 0 Å². The Morgan fingerprint density at radius 1 is 1.40 bits per heavy atom. The number of aliphatic hydroxyl groups is 1. The predicted molar refractivity (Wildman–Crippen MR) is 64.9 cm³/mol. The average Bonchev–Trinajstić information content (AvgIpc) is 2.08. The SMILES string of the molecule is CC(C)CN(C)C1CCCC(C)(C)C1O. The molecule has 1 rings (SSSR count). The summed E-state index contributed by atoms with van der Waals surface area (Å²) in [5, 5.41) is 10.3. The van der Waals surface area contributed by atoms with E-state index in [1.54, 1.807) is 0 Å². The van der Waals surface area contributed by atoms with Crippen molar-refractivity contribution in [2.45, 2.75) is 59.1 Å². The van der Waals surface area contributed by atoms with E-state index in [9.17, 15) is 5.11 Å². The zero-order valence-corrected chi connectivity index (χ0v) is 11.0. The molecule has 1 fully saturated rings. The second-order valence-corrected chi connectivity index (χ2v) is 6.23.